The van der Waals surface area contributed by atoms with Gasteiger partial charge in [0.2, 0.25) is 5.91 Å². The molecule has 0 saturated carbocycles. The summed E-state index contributed by atoms with van der Waals surface area (Å²) in [5.41, 5.74) is 7.25. The van der Waals surface area contributed by atoms with Crippen molar-refractivity contribution in [3.8, 4) is 0 Å². The van der Waals surface area contributed by atoms with Crippen molar-refractivity contribution in [1.82, 2.24) is 4.98 Å². The molecule has 0 bridgehead atoms. The molecule has 1 atom stereocenters. The van der Waals surface area contributed by atoms with Gasteiger partial charge in [-0.25, -0.2) is 4.98 Å². The molecule has 1 fully saturated rings. The van der Waals surface area contributed by atoms with Crippen LogP contribution in [0.25, 0.3) is 0 Å². The molecule has 2 N–H and O–H groups in total. The van der Waals surface area contributed by atoms with E-state index in [0.29, 0.717) is 18.1 Å². The first-order valence-electron chi connectivity index (χ1n) is 5.64. The number of nitrogen functional groups attached to an aromatic ring is 1. The van der Waals surface area contributed by atoms with Crippen molar-refractivity contribution in [3.05, 3.63) is 17.8 Å². The Morgan fingerprint density at radius 3 is 2.94 bits per heavy atom. The van der Waals surface area contributed by atoms with Gasteiger partial charge in [0.1, 0.15) is 5.82 Å². The zero-order valence-corrected chi connectivity index (χ0v) is 10.3. The molecule has 1 aromatic rings. The quantitative estimate of drug-likeness (QED) is 0.771. The predicted octanol–water partition coefficient (Wildman–Crippen LogP) is 0.498. The Hall–Kier alpha value is -2.11. The van der Waals surface area contributed by atoms with E-state index in [4.69, 9.17) is 5.73 Å². The van der Waals surface area contributed by atoms with Crippen molar-refractivity contribution in [3.63, 3.8) is 0 Å². The smallest absolute Gasteiger partial charge is 0.311 e. The number of nitrogens with zero attached hydrogens (tertiary/aromatic N) is 2. The maximum Gasteiger partial charge on any atom is 0.311 e. The van der Waals surface area contributed by atoms with Gasteiger partial charge in [-0.3, -0.25) is 9.59 Å². The number of carbonyl (C=O) groups excluding carboxylic acids is 2. The molecule has 96 valence electrons. The van der Waals surface area contributed by atoms with Gasteiger partial charge in [-0.15, -0.1) is 0 Å². The Morgan fingerprint density at radius 1 is 1.61 bits per heavy atom. The van der Waals surface area contributed by atoms with E-state index in [1.165, 1.54) is 12.0 Å². The molecule has 1 aliphatic heterocycles. The summed E-state index contributed by atoms with van der Waals surface area (Å²) in [7, 11) is 1.32. The summed E-state index contributed by atoms with van der Waals surface area (Å²) in [4.78, 5) is 28.9. The topological polar surface area (TPSA) is 85.5 Å². The van der Waals surface area contributed by atoms with Crippen LogP contribution in [0.2, 0.25) is 0 Å². The first-order valence-corrected chi connectivity index (χ1v) is 5.64. The van der Waals surface area contributed by atoms with Crippen LogP contribution in [0.4, 0.5) is 11.5 Å². The number of amides is 1. The van der Waals surface area contributed by atoms with Crippen LogP contribution in [0.15, 0.2) is 12.3 Å². The van der Waals surface area contributed by atoms with Crippen molar-refractivity contribution in [2.24, 2.45) is 5.92 Å². The SMILES string of the molecule is COC(=O)C1CC(=O)N(c2c(C)ccnc2N)C1. The van der Waals surface area contributed by atoms with Crippen molar-refractivity contribution < 1.29 is 14.3 Å². The van der Waals surface area contributed by atoms with Gasteiger partial charge >= 0.3 is 5.97 Å². The molecule has 2 rings (SSSR count). The molecule has 6 heteroatoms. The third kappa shape index (κ3) is 2.01. The summed E-state index contributed by atoms with van der Waals surface area (Å²) >= 11 is 0. The van der Waals surface area contributed by atoms with Gasteiger partial charge in [-0.05, 0) is 18.6 Å². The molecule has 1 aromatic heterocycles. The monoisotopic (exact) mass is 249 g/mol. The molecule has 18 heavy (non-hydrogen) atoms. The number of methoxy groups -OCH3 is 1. The third-order valence-corrected chi connectivity index (χ3v) is 3.08. The zero-order valence-electron chi connectivity index (χ0n) is 10.3. The van der Waals surface area contributed by atoms with E-state index in [9.17, 15) is 9.59 Å². The highest BCUT2D eigenvalue weighted by Crippen LogP contribution is 2.31. The fraction of sp³-hybridized carbons (Fsp3) is 0.417. The van der Waals surface area contributed by atoms with Gasteiger partial charge in [-0.1, -0.05) is 0 Å². The summed E-state index contributed by atoms with van der Waals surface area (Å²) in [6.07, 6.45) is 1.74. The average molecular weight is 249 g/mol. The van der Waals surface area contributed by atoms with Crippen LogP contribution in [0.1, 0.15) is 12.0 Å². The molecule has 0 aromatic carbocycles. The van der Waals surface area contributed by atoms with Gasteiger partial charge in [0.15, 0.2) is 0 Å². The minimum absolute atomic E-state index is 0.131. The van der Waals surface area contributed by atoms with Crippen LogP contribution in [-0.2, 0) is 14.3 Å². The highest BCUT2D eigenvalue weighted by molar-refractivity contribution is 6.01. The average Bonchev–Trinajstić information content (AvgIpc) is 2.70. The van der Waals surface area contributed by atoms with Crippen LogP contribution in [0, 0.1) is 12.8 Å². The molecule has 0 radical (unpaired) electrons. The maximum atomic E-state index is 11.9. The highest BCUT2D eigenvalue weighted by atomic mass is 16.5. The second-order valence-corrected chi connectivity index (χ2v) is 4.29. The van der Waals surface area contributed by atoms with Crippen molar-refractivity contribution in [1.29, 1.82) is 0 Å². The molecule has 1 aliphatic rings. The number of aryl methyl sites for hydroxylation is 1. The van der Waals surface area contributed by atoms with Gasteiger partial charge in [-0.2, -0.15) is 0 Å². The van der Waals surface area contributed by atoms with Crippen LogP contribution in [0.5, 0.6) is 0 Å². The van der Waals surface area contributed by atoms with Crippen molar-refractivity contribution in [2.75, 3.05) is 24.3 Å². The number of hydrogen-bond donors (Lipinski definition) is 1. The number of anilines is 2. The maximum absolute atomic E-state index is 11.9. The molecule has 0 spiro atoms. The Bertz CT molecular complexity index is 481. The Labute approximate surface area is 105 Å². The molecule has 1 unspecified atom stereocenters. The molecule has 1 amide bonds. The predicted molar refractivity (Wildman–Crippen MR) is 65.9 cm³/mol. The van der Waals surface area contributed by atoms with E-state index in [1.54, 1.807) is 12.3 Å². The number of rotatable bonds is 2. The van der Waals surface area contributed by atoms with E-state index in [-0.39, 0.29) is 18.3 Å². The van der Waals surface area contributed by atoms with E-state index < -0.39 is 5.92 Å². The van der Waals surface area contributed by atoms with E-state index in [1.807, 2.05) is 6.92 Å². The Balaban J connectivity index is 2.30. The molecule has 1 saturated heterocycles. The molecule has 0 aliphatic carbocycles. The number of ether oxygens (including phenoxy) is 1. The molecule has 6 nitrogen and oxygen atoms in total. The summed E-state index contributed by atoms with van der Waals surface area (Å²) in [6, 6.07) is 1.78. The van der Waals surface area contributed by atoms with Crippen LogP contribution in [-0.4, -0.2) is 30.5 Å². The van der Waals surface area contributed by atoms with E-state index in [0.717, 1.165) is 5.56 Å². The van der Waals surface area contributed by atoms with Crippen LogP contribution in [0.3, 0.4) is 0 Å². The van der Waals surface area contributed by atoms with Crippen molar-refractivity contribution in [2.45, 2.75) is 13.3 Å². The fourth-order valence-electron chi connectivity index (χ4n) is 2.17. The number of pyridine rings is 1. The molecular formula is C12H15N3O3. The number of esters is 1. The third-order valence-electron chi connectivity index (χ3n) is 3.08. The number of aromatic nitrogens is 1. The van der Waals surface area contributed by atoms with Crippen LogP contribution >= 0.6 is 0 Å². The minimum Gasteiger partial charge on any atom is -0.469 e. The normalized spacial score (nSPS) is 19.1. The number of carbonyl (C=O) groups is 2. The van der Waals surface area contributed by atoms with E-state index >= 15 is 0 Å². The summed E-state index contributed by atoms with van der Waals surface area (Å²) in [6.45, 7) is 2.15. The lowest BCUT2D eigenvalue weighted by Gasteiger charge is -2.19. The summed E-state index contributed by atoms with van der Waals surface area (Å²) in [5.74, 6) is -0.630. The summed E-state index contributed by atoms with van der Waals surface area (Å²) < 4.78 is 4.66. The standard InChI is InChI=1S/C12H15N3O3/c1-7-3-4-14-11(13)10(7)15-6-8(5-9(15)16)12(17)18-2/h3-4,8H,5-6H2,1-2H3,(H2,13,14). The van der Waals surface area contributed by atoms with Crippen LogP contribution < -0.4 is 10.6 Å². The van der Waals surface area contributed by atoms with Gasteiger partial charge in [0.25, 0.3) is 0 Å². The second kappa shape index (κ2) is 4.64. The lowest BCUT2D eigenvalue weighted by Crippen LogP contribution is -2.28. The van der Waals surface area contributed by atoms with Gasteiger partial charge in [0, 0.05) is 19.2 Å². The Morgan fingerprint density at radius 2 is 2.33 bits per heavy atom. The molecule has 2 heterocycles. The largest absolute Gasteiger partial charge is 0.469 e. The fourth-order valence-corrected chi connectivity index (χ4v) is 2.17. The first-order chi connectivity index (χ1) is 8.54. The summed E-state index contributed by atoms with van der Waals surface area (Å²) in [5, 5.41) is 0. The molecular weight excluding hydrogens is 234 g/mol. The highest BCUT2D eigenvalue weighted by Gasteiger charge is 2.37. The van der Waals surface area contributed by atoms with Crippen molar-refractivity contribution >= 4 is 23.4 Å². The van der Waals surface area contributed by atoms with Gasteiger partial charge in [0.05, 0.1) is 18.7 Å². The second-order valence-electron chi connectivity index (χ2n) is 4.29. The first kappa shape index (κ1) is 12.3. The lowest BCUT2D eigenvalue weighted by atomic mass is 10.1. The van der Waals surface area contributed by atoms with Gasteiger partial charge < -0.3 is 15.4 Å². The minimum atomic E-state index is -0.429. The van der Waals surface area contributed by atoms with E-state index in [2.05, 4.69) is 9.72 Å². The number of hydrogen-bond acceptors (Lipinski definition) is 5. The lowest BCUT2D eigenvalue weighted by molar-refractivity contribution is -0.145. The Kier molecular flexibility index (Phi) is 3.18. The number of nitrogens with two attached hydrogens (primary N) is 1. The zero-order chi connectivity index (χ0) is 13.3.